The summed E-state index contributed by atoms with van der Waals surface area (Å²) in [6.45, 7) is 6.64. The van der Waals surface area contributed by atoms with E-state index in [9.17, 15) is 14.4 Å². The fourth-order valence-electron chi connectivity index (χ4n) is 3.14. The Kier molecular flexibility index (Phi) is 12.7. The van der Waals surface area contributed by atoms with Crippen molar-refractivity contribution in [3.05, 3.63) is 24.3 Å². The zero-order chi connectivity index (χ0) is 21.5. The van der Waals surface area contributed by atoms with Crippen molar-refractivity contribution in [2.75, 3.05) is 6.54 Å². The van der Waals surface area contributed by atoms with Crippen molar-refractivity contribution in [3.63, 3.8) is 0 Å². The predicted molar refractivity (Wildman–Crippen MR) is 117 cm³/mol. The lowest BCUT2D eigenvalue weighted by atomic mass is 10.0. The first-order chi connectivity index (χ1) is 13.9. The standard InChI is InChI=1S/C23H39N3O3/c1-4-5-6-7-8-9-10-14-22(28)25-20-13-11-12-17-24-21(27)16-15-19(18(2)3)26-23(20)29/h11,13,15-16,18-20H,4-10,12,14,17H2,1-3H3,(H,24,27)(H,25,28)(H,26,29)/b13-11+,16-15+/t19-,20+/m1/s1. The summed E-state index contributed by atoms with van der Waals surface area (Å²) < 4.78 is 0. The Morgan fingerprint density at radius 1 is 1.10 bits per heavy atom. The van der Waals surface area contributed by atoms with Gasteiger partial charge in [-0.25, -0.2) is 0 Å². The molecule has 0 aromatic heterocycles. The van der Waals surface area contributed by atoms with Crippen LogP contribution in [0.2, 0.25) is 0 Å². The first kappa shape index (κ1) is 24.9. The van der Waals surface area contributed by atoms with Gasteiger partial charge in [0, 0.05) is 25.1 Å². The third kappa shape index (κ3) is 11.5. The van der Waals surface area contributed by atoms with Crippen LogP contribution in [0, 0.1) is 5.92 Å². The largest absolute Gasteiger partial charge is 0.352 e. The summed E-state index contributed by atoms with van der Waals surface area (Å²) in [4.78, 5) is 36.8. The topological polar surface area (TPSA) is 87.3 Å². The second-order valence-electron chi connectivity index (χ2n) is 8.06. The first-order valence-electron chi connectivity index (χ1n) is 11.2. The molecule has 0 saturated carbocycles. The predicted octanol–water partition coefficient (Wildman–Crippen LogP) is 3.39. The molecule has 29 heavy (non-hydrogen) atoms. The van der Waals surface area contributed by atoms with Gasteiger partial charge in [-0.15, -0.1) is 0 Å². The molecule has 6 heteroatoms. The number of unbranched alkanes of at least 4 members (excludes halogenated alkanes) is 6. The third-order valence-electron chi connectivity index (χ3n) is 5.03. The number of rotatable bonds is 10. The van der Waals surface area contributed by atoms with Gasteiger partial charge in [0.25, 0.3) is 0 Å². The van der Waals surface area contributed by atoms with Crippen LogP contribution in [0.4, 0.5) is 0 Å². The van der Waals surface area contributed by atoms with E-state index in [0.29, 0.717) is 19.4 Å². The molecule has 164 valence electrons. The Balaban J connectivity index is 2.57. The highest BCUT2D eigenvalue weighted by atomic mass is 16.2. The molecule has 2 atom stereocenters. The minimum atomic E-state index is -0.697. The van der Waals surface area contributed by atoms with Crippen molar-refractivity contribution in [1.82, 2.24) is 16.0 Å². The molecule has 3 amide bonds. The van der Waals surface area contributed by atoms with Crippen LogP contribution in [0.5, 0.6) is 0 Å². The van der Waals surface area contributed by atoms with Crippen molar-refractivity contribution >= 4 is 17.7 Å². The molecule has 1 aliphatic heterocycles. The maximum atomic E-state index is 12.7. The molecule has 0 spiro atoms. The fraction of sp³-hybridized carbons (Fsp3) is 0.696. The third-order valence-corrected chi connectivity index (χ3v) is 5.03. The van der Waals surface area contributed by atoms with Gasteiger partial charge in [0.15, 0.2) is 0 Å². The molecule has 0 fully saturated rings. The van der Waals surface area contributed by atoms with Crippen molar-refractivity contribution in [2.45, 2.75) is 90.6 Å². The maximum absolute atomic E-state index is 12.7. The van der Waals surface area contributed by atoms with Crippen LogP contribution in [0.1, 0.15) is 78.6 Å². The number of nitrogens with one attached hydrogen (secondary N) is 3. The van der Waals surface area contributed by atoms with Gasteiger partial charge in [0.1, 0.15) is 6.04 Å². The van der Waals surface area contributed by atoms with E-state index in [1.165, 1.54) is 31.8 Å². The Morgan fingerprint density at radius 2 is 1.79 bits per heavy atom. The molecule has 1 heterocycles. The summed E-state index contributed by atoms with van der Waals surface area (Å²) >= 11 is 0. The van der Waals surface area contributed by atoms with Gasteiger partial charge in [-0.1, -0.05) is 77.5 Å². The van der Waals surface area contributed by atoms with Gasteiger partial charge in [0.05, 0.1) is 0 Å². The quantitative estimate of drug-likeness (QED) is 0.385. The smallest absolute Gasteiger partial charge is 0.247 e. The van der Waals surface area contributed by atoms with Crippen LogP contribution in [0.15, 0.2) is 24.3 Å². The van der Waals surface area contributed by atoms with Crippen molar-refractivity contribution < 1.29 is 14.4 Å². The summed E-state index contributed by atoms with van der Waals surface area (Å²) in [7, 11) is 0. The molecule has 0 bridgehead atoms. The summed E-state index contributed by atoms with van der Waals surface area (Å²) in [5.41, 5.74) is 0. The van der Waals surface area contributed by atoms with Crippen LogP contribution in [0.25, 0.3) is 0 Å². The van der Waals surface area contributed by atoms with E-state index in [1.54, 1.807) is 12.2 Å². The summed E-state index contributed by atoms with van der Waals surface area (Å²) in [5.74, 6) is -0.392. The minimum absolute atomic E-state index is 0.0969. The summed E-state index contributed by atoms with van der Waals surface area (Å²) in [6.07, 6.45) is 15.8. The number of carbonyl (C=O) groups excluding carboxylic acids is 3. The molecule has 0 radical (unpaired) electrons. The van der Waals surface area contributed by atoms with Crippen LogP contribution in [-0.2, 0) is 14.4 Å². The first-order valence-corrected chi connectivity index (χ1v) is 11.2. The monoisotopic (exact) mass is 405 g/mol. The van der Waals surface area contributed by atoms with E-state index in [1.807, 2.05) is 19.9 Å². The number of hydrogen-bond acceptors (Lipinski definition) is 3. The SMILES string of the molecule is CCCCCCCCCC(=O)N[C@H]1/C=C/CCNC(=O)/C=C/[C@H](C(C)C)NC1=O. The van der Waals surface area contributed by atoms with E-state index < -0.39 is 6.04 Å². The molecule has 6 nitrogen and oxygen atoms in total. The Bertz CT molecular complexity index is 570. The second-order valence-corrected chi connectivity index (χ2v) is 8.06. The Hall–Kier alpha value is -2.11. The molecule has 0 aromatic rings. The highest BCUT2D eigenvalue weighted by Crippen LogP contribution is 2.09. The molecule has 0 saturated heterocycles. The Labute approximate surface area is 176 Å². The van der Waals surface area contributed by atoms with Gasteiger partial charge in [-0.05, 0) is 18.8 Å². The van der Waals surface area contributed by atoms with E-state index in [4.69, 9.17) is 0 Å². The normalized spacial score (nSPS) is 22.8. The van der Waals surface area contributed by atoms with Gasteiger partial charge in [0.2, 0.25) is 17.7 Å². The van der Waals surface area contributed by atoms with Crippen LogP contribution >= 0.6 is 0 Å². The van der Waals surface area contributed by atoms with Crippen LogP contribution in [-0.4, -0.2) is 36.3 Å². The Morgan fingerprint density at radius 3 is 2.48 bits per heavy atom. The number of hydrogen-bond donors (Lipinski definition) is 3. The zero-order valence-electron chi connectivity index (χ0n) is 18.3. The molecular weight excluding hydrogens is 366 g/mol. The van der Waals surface area contributed by atoms with Gasteiger partial charge in [-0.2, -0.15) is 0 Å². The van der Waals surface area contributed by atoms with Gasteiger partial charge in [-0.3, -0.25) is 14.4 Å². The maximum Gasteiger partial charge on any atom is 0.247 e. The van der Waals surface area contributed by atoms with Crippen LogP contribution in [0.3, 0.4) is 0 Å². The van der Waals surface area contributed by atoms with E-state index in [-0.39, 0.29) is 29.7 Å². The molecule has 3 N–H and O–H groups in total. The fourth-order valence-corrected chi connectivity index (χ4v) is 3.14. The number of carbonyl (C=O) groups is 3. The molecule has 0 unspecified atom stereocenters. The van der Waals surface area contributed by atoms with E-state index in [2.05, 4.69) is 22.9 Å². The summed E-state index contributed by atoms with van der Waals surface area (Å²) in [6, 6.07) is -0.972. The lowest BCUT2D eigenvalue weighted by Crippen LogP contribution is -2.49. The van der Waals surface area contributed by atoms with Crippen molar-refractivity contribution in [1.29, 1.82) is 0 Å². The molecule has 0 aromatic carbocycles. The van der Waals surface area contributed by atoms with Crippen molar-refractivity contribution in [2.24, 2.45) is 5.92 Å². The lowest BCUT2D eigenvalue weighted by molar-refractivity contribution is -0.128. The van der Waals surface area contributed by atoms with E-state index >= 15 is 0 Å². The summed E-state index contributed by atoms with van der Waals surface area (Å²) in [5, 5.41) is 8.59. The second kappa shape index (κ2) is 14.8. The average Bonchev–Trinajstić information content (AvgIpc) is 2.67. The highest BCUT2D eigenvalue weighted by Gasteiger charge is 2.22. The average molecular weight is 406 g/mol. The van der Waals surface area contributed by atoms with Crippen molar-refractivity contribution in [3.8, 4) is 0 Å². The molecule has 1 aliphatic rings. The van der Waals surface area contributed by atoms with Gasteiger partial charge < -0.3 is 16.0 Å². The number of amides is 3. The minimum Gasteiger partial charge on any atom is -0.352 e. The van der Waals surface area contributed by atoms with Gasteiger partial charge >= 0.3 is 0 Å². The molecule has 0 aliphatic carbocycles. The van der Waals surface area contributed by atoms with E-state index in [0.717, 1.165) is 19.3 Å². The lowest BCUT2D eigenvalue weighted by Gasteiger charge is -2.23. The molecular formula is C23H39N3O3. The highest BCUT2D eigenvalue weighted by molar-refractivity contribution is 5.90. The zero-order valence-corrected chi connectivity index (χ0v) is 18.3. The van der Waals surface area contributed by atoms with Crippen LogP contribution < -0.4 is 16.0 Å². The molecule has 1 rings (SSSR count).